The van der Waals surface area contributed by atoms with Crippen LogP contribution in [0.3, 0.4) is 0 Å². The van der Waals surface area contributed by atoms with E-state index < -0.39 is 11.7 Å². The molecule has 4 aromatic carbocycles. The van der Waals surface area contributed by atoms with E-state index in [1.165, 1.54) is 17.7 Å². The summed E-state index contributed by atoms with van der Waals surface area (Å²) in [4.78, 5) is 17.7. The predicted octanol–water partition coefficient (Wildman–Crippen LogP) is 6.94. The van der Waals surface area contributed by atoms with Crippen LogP contribution in [-0.2, 0) is 19.1 Å². The van der Waals surface area contributed by atoms with Crippen LogP contribution in [0.4, 0.5) is 13.2 Å². The van der Waals surface area contributed by atoms with E-state index in [4.69, 9.17) is 0 Å². The Hall–Kier alpha value is -3.90. The number of benzene rings is 4. The zero-order valence-corrected chi connectivity index (χ0v) is 20.9. The SMILES string of the molecule is O=C(c1ccccc1)N1CCN(Cc2ccc(-c3ccccc3C(F)(F)F)cc2)C[C@H]1Cc1ccccc1. The first-order chi connectivity index (χ1) is 18.4. The van der Waals surface area contributed by atoms with Gasteiger partial charge in [0, 0.05) is 37.8 Å². The van der Waals surface area contributed by atoms with Crippen molar-refractivity contribution in [1.29, 1.82) is 0 Å². The molecule has 1 fully saturated rings. The van der Waals surface area contributed by atoms with E-state index in [-0.39, 0.29) is 17.5 Å². The minimum absolute atomic E-state index is 0.0109. The van der Waals surface area contributed by atoms with E-state index >= 15 is 0 Å². The lowest BCUT2D eigenvalue weighted by molar-refractivity contribution is -0.137. The first-order valence-electron chi connectivity index (χ1n) is 12.8. The molecule has 0 saturated carbocycles. The summed E-state index contributed by atoms with van der Waals surface area (Å²) < 4.78 is 40.4. The van der Waals surface area contributed by atoms with Crippen molar-refractivity contribution in [3.8, 4) is 11.1 Å². The van der Waals surface area contributed by atoms with Gasteiger partial charge in [-0.3, -0.25) is 9.69 Å². The first kappa shape index (κ1) is 25.7. The average molecular weight is 515 g/mol. The Morgan fingerprint density at radius 2 is 1.37 bits per heavy atom. The second-order valence-corrected chi connectivity index (χ2v) is 9.68. The Labute approximate surface area is 221 Å². The fourth-order valence-electron chi connectivity index (χ4n) is 5.17. The molecule has 0 N–H and O–H groups in total. The molecular weight excluding hydrogens is 485 g/mol. The molecule has 194 valence electrons. The van der Waals surface area contributed by atoms with E-state index in [0.717, 1.165) is 24.6 Å². The van der Waals surface area contributed by atoms with E-state index in [1.807, 2.05) is 65.6 Å². The fraction of sp³-hybridized carbons (Fsp3) is 0.219. The van der Waals surface area contributed by atoms with Gasteiger partial charge in [-0.15, -0.1) is 0 Å². The lowest BCUT2D eigenvalue weighted by atomic mass is 9.98. The second-order valence-electron chi connectivity index (χ2n) is 9.68. The van der Waals surface area contributed by atoms with Crippen LogP contribution >= 0.6 is 0 Å². The van der Waals surface area contributed by atoms with Gasteiger partial charge in [0.25, 0.3) is 5.91 Å². The molecule has 1 atom stereocenters. The van der Waals surface area contributed by atoms with Crippen molar-refractivity contribution >= 4 is 5.91 Å². The van der Waals surface area contributed by atoms with Crippen LogP contribution in [0.1, 0.15) is 27.0 Å². The molecule has 5 rings (SSSR count). The van der Waals surface area contributed by atoms with Crippen LogP contribution in [0.25, 0.3) is 11.1 Å². The van der Waals surface area contributed by atoms with Crippen LogP contribution < -0.4 is 0 Å². The number of carbonyl (C=O) groups is 1. The van der Waals surface area contributed by atoms with Crippen molar-refractivity contribution in [2.45, 2.75) is 25.2 Å². The molecule has 0 bridgehead atoms. The zero-order valence-electron chi connectivity index (χ0n) is 20.9. The molecule has 1 aliphatic rings. The van der Waals surface area contributed by atoms with Crippen molar-refractivity contribution in [1.82, 2.24) is 9.80 Å². The third-order valence-electron chi connectivity index (χ3n) is 7.07. The molecule has 3 nitrogen and oxygen atoms in total. The minimum atomic E-state index is -4.40. The number of nitrogens with zero attached hydrogens (tertiary/aromatic N) is 2. The Morgan fingerprint density at radius 1 is 0.737 bits per heavy atom. The van der Waals surface area contributed by atoms with Gasteiger partial charge < -0.3 is 4.90 Å². The first-order valence-corrected chi connectivity index (χ1v) is 12.8. The normalized spacial score (nSPS) is 16.4. The van der Waals surface area contributed by atoms with E-state index in [0.29, 0.717) is 30.8 Å². The predicted molar refractivity (Wildman–Crippen MR) is 144 cm³/mol. The van der Waals surface area contributed by atoms with Gasteiger partial charge in [-0.1, -0.05) is 91.0 Å². The Bertz CT molecular complexity index is 1360. The van der Waals surface area contributed by atoms with Gasteiger partial charge in [-0.05, 0) is 46.9 Å². The summed E-state index contributed by atoms with van der Waals surface area (Å²) >= 11 is 0. The molecule has 1 aliphatic heterocycles. The molecule has 1 saturated heterocycles. The van der Waals surface area contributed by atoms with Crippen molar-refractivity contribution in [2.24, 2.45) is 0 Å². The smallest absolute Gasteiger partial charge is 0.333 e. The Kier molecular flexibility index (Phi) is 7.61. The maximum Gasteiger partial charge on any atom is 0.417 e. The molecule has 1 amide bonds. The molecular formula is C32H29F3N2O. The highest BCUT2D eigenvalue weighted by atomic mass is 19.4. The molecule has 38 heavy (non-hydrogen) atoms. The highest BCUT2D eigenvalue weighted by molar-refractivity contribution is 5.94. The van der Waals surface area contributed by atoms with Crippen LogP contribution in [0.5, 0.6) is 0 Å². The number of alkyl halides is 3. The highest BCUT2D eigenvalue weighted by Crippen LogP contribution is 2.37. The van der Waals surface area contributed by atoms with Crippen molar-refractivity contribution in [3.05, 3.63) is 131 Å². The monoisotopic (exact) mass is 514 g/mol. The van der Waals surface area contributed by atoms with Crippen LogP contribution in [0.15, 0.2) is 109 Å². The average Bonchev–Trinajstić information content (AvgIpc) is 2.94. The maximum atomic E-state index is 13.5. The third-order valence-corrected chi connectivity index (χ3v) is 7.07. The molecule has 0 spiro atoms. The number of rotatable bonds is 6. The lowest BCUT2D eigenvalue weighted by Gasteiger charge is -2.42. The fourth-order valence-corrected chi connectivity index (χ4v) is 5.17. The summed E-state index contributed by atoms with van der Waals surface area (Å²) in [5.74, 6) is 0.0406. The molecule has 0 aromatic heterocycles. The molecule has 6 heteroatoms. The molecule has 0 radical (unpaired) electrons. The van der Waals surface area contributed by atoms with Gasteiger partial charge in [0.1, 0.15) is 0 Å². The van der Waals surface area contributed by atoms with Gasteiger partial charge in [0.15, 0.2) is 0 Å². The lowest BCUT2D eigenvalue weighted by Crippen LogP contribution is -2.55. The Balaban J connectivity index is 1.32. The van der Waals surface area contributed by atoms with Gasteiger partial charge in [-0.2, -0.15) is 13.2 Å². The van der Waals surface area contributed by atoms with Crippen LogP contribution in [0.2, 0.25) is 0 Å². The summed E-state index contributed by atoms with van der Waals surface area (Å²) in [6.45, 7) is 2.72. The second kappa shape index (κ2) is 11.2. The van der Waals surface area contributed by atoms with Crippen LogP contribution in [-0.4, -0.2) is 41.4 Å². The summed E-state index contributed by atoms with van der Waals surface area (Å²) in [7, 11) is 0. The molecule has 4 aromatic rings. The number of hydrogen-bond donors (Lipinski definition) is 0. The number of hydrogen-bond acceptors (Lipinski definition) is 2. The van der Waals surface area contributed by atoms with Crippen molar-refractivity contribution in [2.75, 3.05) is 19.6 Å². The molecule has 1 heterocycles. The maximum absolute atomic E-state index is 13.5. The van der Waals surface area contributed by atoms with Gasteiger partial charge in [0.05, 0.1) is 5.56 Å². The summed E-state index contributed by atoms with van der Waals surface area (Å²) in [5.41, 5.74) is 2.99. The summed E-state index contributed by atoms with van der Waals surface area (Å²) in [6.07, 6.45) is -3.65. The van der Waals surface area contributed by atoms with Crippen LogP contribution in [0, 0.1) is 0 Å². The van der Waals surface area contributed by atoms with Gasteiger partial charge >= 0.3 is 6.18 Å². The number of piperazine rings is 1. The largest absolute Gasteiger partial charge is 0.417 e. The van der Waals surface area contributed by atoms with E-state index in [1.54, 1.807) is 18.2 Å². The van der Waals surface area contributed by atoms with Crippen molar-refractivity contribution in [3.63, 3.8) is 0 Å². The van der Waals surface area contributed by atoms with Gasteiger partial charge in [0.2, 0.25) is 0 Å². The Morgan fingerprint density at radius 3 is 2.05 bits per heavy atom. The quantitative estimate of drug-likeness (QED) is 0.278. The van der Waals surface area contributed by atoms with Crippen molar-refractivity contribution < 1.29 is 18.0 Å². The minimum Gasteiger partial charge on any atom is -0.333 e. The standard InChI is InChI=1S/C32H29F3N2O/c33-32(34,35)30-14-8-7-13-29(30)26-17-15-25(16-18-26)22-36-19-20-37(31(38)27-11-5-2-6-12-27)28(23-36)21-24-9-3-1-4-10-24/h1-18,28H,19-23H2/t28-/m1/s1. The van der Waals surface area contributed by atoms with E-state index in [2.05, 4.69) is 17.0 Å². The highest BCUT2D eigenvalue weighted by Gasteiger charge is 2.33. The summed E-state index contributed by atoms with van der Waals surface area (Å²) in [6, 6.07) is 32.6. The summed E-state index contributed by atoms with van der Waals surface area (Å²) in [5, 5.41) is 0. The molecule has 0 aliphatic carbocycles. The third kappa shape index (κ3) is 5.97. The zero-order chi connectivity index (χ0) is 26.5. The molecule has 0 unspecified atom stereocenters. The number of carbonyl (C=O) groups excluding carboxylic acids is 1. The number of halogens is 3. The van der Waals surface area contributed by atoms with E-state index in [9.17, 15) is 18.0 Å². The topological polar surface area (TPSA) is 23.6 Å². The number of amides is 1. The van der Waals surface area contributed by atoms with Gasteiger partial charge in [-0.25, -0.2) is 0 Å².